The third kappa shape index (κ3) is 4.82. The Kier molecular flexibility index (Phi) is 5.66. The average Bonchev–Trinajstić information content (AvgIpc) is 2.67. The van der Waals surface area contributed by atoms with Crippen molar-refractivity contribution in [2.75, 3.05) is 17.7 Å². The number of anilines is 2. The number of benzene rings is 2. The largest absolute Gasteiger partial charge is 0.495 e. The van der Waals surface area contributed by atoms with Crippen LogP contribution < -0.4 is 15.4 Å². The first-order valence-corrected chi connectivity index (χ1v) is 8.64. The van der Waals surface area contributed by atoms with Crippen LogP contribution in [0.2, 0.25) is 0 Å². The summed E-state index contributed by atoms with van der Waals surface area (Å²) in [4.78, 5) is 21.2. The van der Waals surface area contributed by atoms with Gasteiger partial charge >= 0.3 is 0 Å². The summed E-state index contributed by atoms with van der Waals surface area (Å²) in [6.07, 6.45) is 0. The molecule has 0 aliphatic carbocycles. The third-order valence-corrected chi connectivity index (χ3v) is 4.02. The van der Waals surface area contributed by atoms with Gasteiger partial charge in [-0.15, -0.1) is 0 Å². The number of nitrogens with one attached hydrogen (secondary N) is 2. The van der Waals surface area contributed by atoms with Crippen LogP contribution >= 0.6 is 0 Å². The highest BCUT2D eigenvalue weighted by molar-refractivity contribution is 6.04. The third-order valence-electron chi connectivity index (χ3n) is 4.02. The van der Waals surface area contributed by atoms with Gasteiger partial charge in [-0.3, -0.25) is 4.79 Å². The number of hydrogen-bond acceptors (Lipinski definition) is 5. The quantitative estimate of drug-likeness (QED) is 0.694. The molecule has 6 nitrogen and oxygen atoms in total. The lowest BCUT2D eigenvalue weighted by Gasteiger charge is -2.11. The van der Waals surface area contributed by atoms with Crippen molar-refractivity contribution in [2.24, 2.45) is 0 Å². The maximum Gasteiger partial charge on any atom is 0.274 e. The van der Waals surface area contributed by atoms with Gasteiger partial charge in [0.2, 0.25) is 0 Å². The first-order valence-electron chi connectivity index (χ1n) is 8.64. The van der Waals surface area contributed by atoms with Crippen molar-refractivity contribution in [1.29, 1.82) is 0 Å². The van der Waals surface area contributed by atoms with Crippen LogP contribution in [0.25, 0.3) is 0 Å². The Labute approximate surface area is 158 Å². The number of amides is 1. The molecule has 2 N–H and O–H groups in total. The van der Waals surface area contributed by atoms with Crippen molar-refractivity contribution in [1.82, 2.24) is 9.97 Å². The molecule has 0 aliphatic heterocycles. The highest BCUT2D eigenvalue weighted by Gasteiger charge is 2.13. The van der Waals surface area contributed by atoms with E-state index in [9.17, 15) is 4.79 Å². The molecule has 0 unspecified atom stereocenters. The summed E-state index contributed by atoms with van der Waals surface area (Å²) in [5, 5.41) is 6.08. The van der Waals surface area contributed by atoms with Crippen molar-refractivity contribution in [2.45, 2.75) is 20.4 Å². The second-order valence-electron chi connectivity index (χ2n) is 6.18. The molecule has 2 aromatic carbocycles. The van der Waals surface area contributed by atoms with Gasteiger partial charge in [0, 0.05) is 12.6 Å². The predicted molar refractivity (Wildman–Crippen MR) is 106 cm³/mol. The Morgan fingerprint density at radius 3 is 2.52 bits per heavy atom. The Morgan fingerprint density at radius 2 is 1.78 bits per heavy atom. The van der Waals surface area contributed by atoms with Gasteiger partial charge in [-0.1, -0.05) is 42.0 Å². The van der Waals surface area contributed by atoms with Crippen LogP contribution in [0.1, 0.15) is 27.4 Å². The number of aryl methyl sites for hydroxylation is 2. The van der Waals surface area contributed by atoms with E-state index in [2.05, 4.69) is 51.8 Å². The minimum absolute atomic E-state index is 0.291. The van der Waals surface area contributed by atoms with Crippen molar-refractivity contribution in [3.8, 4) is 5.75 Å². The van der Waals surface area contributed by atoms with Gasteiger partial charge in [0.15, 0.2) is 0 Å². The lowest BCUT2D eigenvalue weighted by molar-refractivity contribution is 0.102. The molecule has 3 rings (SSSR count). The zero-order valence-electron chi connectivity index (χ0n) is 15.6. The minimum atomic E-state index is -0.316. The van der Waals surface area contributed by atoms with E-state index in [1.165, 1.54) is 5.56 Å². The molecule has 1 heterocycles. The molecule has 1 aromatic heterocycles. The van der Waals surface area contributed by atoms with E-state index >= 15 is 0 Å². The maximum atomic E-state index is 12.6. The topological polar surface area (TPSA) is 76.1 Å². The number of carbonyl (C=O) groups is 1. The van der Waals surface area contributed by atoms with E-state index < -0.39 is 0 Å². The number of rotatable bonds is 6. The highest BCUT2D eigenvalue weighted by atomic mass is 16.5. The minimum Gasteiger partial charge on any atom is -0.495 e. The van der Waals surface area contributed by atoms with Gasteiger partial charge < -0.3 is 15.4 Å². The summed E-state index contributed by atoms with van der Waals surface area (Å²) in [6.45, 7) is 4.43. The SMILES string of the molecule is COc1ccccc1NC(=O)c1cc(NCc2ccc(C)cc2)nc(C)n1. The first-order chi connectivity index (χ1) is 13.0. The van der Waals surface area contributed by atoms with Gasteiger partial charge in [-0.25, -0.2) is 9.97 Å². The van der Waals surface area contributed by atoms with E-state index in [0.717, 1.165) is 5.56 Å². The summed E-state index contributed by atoms with van der Waals surface area (Å²) < 4.78 is 5.27. The average molecular weight is 362 g/mol. The molecular weight excluding hydrogens is 340 g/mol. The summed E-state index contributed by atoms with van der Waals surface area (Å²) in [5.41, 5.74) is 3.24. The lowest BCUT2D eigenvalue weighted by atomic mass is 10.1. The molecule has 0 bridgehead atoms. The summed E-state index contributed by atoms with van der Waals surface area (Å²) in [7, 11) is 1.56. The number of ether oxygens (including phenoxy) is 1. The maximum absolute atomic E-state index is 12.6. The molecule has 0 saturated heterocycles. The number of aromatic nitrogens is 2. The smallest absolute Gasteiger partial charge is 0.274 e. The monoisotopic (exact) mass is 362 g/mol. The van der Waals surface area contributed by atoms with Crippen LogP contribution in [-0.4, -0.2) is 23.0 Å². The molecule has 0 fully saturated rings. The summed E-state index contributed by atoms with van der Waals surface area (Å²) in [6, 6.07) is 17.1. The number of hydrogen-bond donors (Lipinski definition) is 2. The second kappa shape index (κ2) is 8.31. The van der Waals surface area contributed by atoms with Crippen molar-refractivity contribution in [3.05, 3.63) is 77.2 Å². The normalized spacial score (nSPS) is 10.3. The number of carbonyl (C=O) groups excluding carboxylic acids is 1. The zero-order chi connectivity index (χ0) is 19.2. The standard InChI is InChI=1S/C21H22N4O2/c1-14-8-10-16(11-9-14)13-22-20-12-18(23-15(2)24-20)21(26)25-17-6-4-5-7-19(17)27-3/h4-12H,13H2,1-3H3,(H,25,26)(H,22,23,24). The molecule has 3 aromatic rings. The van der Waals surface area contributed by atoms with Crippen molar-refractivity contribution >= 4 is 17.4 Å². The fraction of sp³-hybridized carbons (Fsp3) is 0.190. The lowest BCUT2D eigenvalue weighted by Crippen LogP contribution is -2.16. The van der Waals surface area contributed by atoms with Crippen LogP contribution in [-0.2, 0) is 6.54 Å². The van der Waals surface area contributed by atoms with Crippen molar-refractivity contribution < 1.29 is 9.53 Å². The molecule has 1 amide bonds. The number of nitrogens with zero attached hydrogens (tertiary/aromatic N) is 2. The molecule has 0 saturated carbocycles. The molecule has 0 aliphatic rings. The van der Waals surface area contributed by atoms with Crippen molar-refractivity contribution in [3.63, 3.8) is 0 Å². The van der Waals surface area contributed by atoms with Gasteiger partial charge in [0.05, 0.1) is 12.8 Å². The van der Waals surface area contributed by atoms with Crippen LogP contribution in [0, 0.1) is 13.8 Å². The van der Waals surface area contributed by atoms with E-state index in [4.69, 9.17) is 4.74 Å². The fourth-order valence-corrected chi connectivity index (χ4v) is 2.61. The Morgan fingerprint density at radius 1 is 1.04 bits per heavy atom. The Balaban J connectivity index is 1.74. The first kappa shape index (κ1) is 18.4. The zero-order valence-corrected chi connectivity index (χ0v) is 15.6. The fourth-order valence-electron chi connectivity index (χ4n) is 2.61. The van der Waals surface area contributed by atoms with Gasteiger partial charge in [-0.05, 0) is 31.5 Å². The van der Waals surface area contributed by atoms with Crippen LogP contribution in [0.4, 0.5) is 11.5 Å². The predicted octanol–water partition coefficient (Wildman–Crippen LogP) is 3.97. The second-order valence-corrected chi connectivity index (χ2v) is 6.18. The van der Waals surface area contributed by atoms with E-state index in [0.29, 0.717) is 35.3 Å². The molecule has 6 heteroatoms. The van der Waals surface area contributed by atoms with Gasteiger partial charge in [-0.2, -0.15) is 0 Å². The number of para-hydroxylation sites is 2. The molecule has 0 atom stereocenters. The van der Waals surface area contributed by atoms with E-state index in [1.807, 2.05) is 12.1 Å². The molecule has 0 radical (unpaired) electrons. The molecule has 0 spiro atoms. The van der Waals surface area contributed by atoms with Crippen LogP contribution in [0.15, 0.2) is 54.6 Å². The highest BCUT2D eigenvalue weighted by Crippen LogP contribution is 2.23. The van der Waals surface area contributed by atoms with Crippen LogP contribution in [0.3, 0.4) is 0 Å². The van der Waals surface area contributed by atoms with E-state index in [1.54, 1.807) is 32.2 Å². The Bertz CT molecular complexity index is 939. The molecule has 27 heavy (non-hydrogen) atoms. The van der Waals surface area contributed by atoms with Gasteiger partial charge in [0.1, 0.15) is 23.1 Å². The summed E-state index contributed by atoms with van der Waals surface area (Å²) in [5.74, 6) is 1.40. The molecular formula is C21H22N4O2. The van der Waals surface area contributed by atoms with E-state index in [-0.39, 0.29) is 5.91 Å². The van der Waals surface area contributed by atoms with Gasteiger partial charge in [0.25, 0.3) is 5.91 Å². The number of methoxy groups -OCH3 is 1. The Hall–Kier alpha value is -3.41. The van der Waals surface area contributed by atoms with Crippen LogP contribution in [0.5, 0.6) is 5.75 Å². The summed E-state index contributed by atoms with van der Waals surface area (Å²) >= 11 is 0. The molecule has 138 valence electrons.